The van der Waals surface area contributed by atoms with Crippen LogP contribution in [0.5, 0.6) is 0 Å². The molecule has 1 saturated carbocycles. The lowest BCUT2D eigenvalue weighted by Crippen LogP contribution is -2.39. The van der Waals surface area contributed by atoms with Crippen molar-refractivity contribution in [3.63, 3.8) is 0 Å². The molecule has 1 saturated heterocycles. The predicted octanol–water partition coefficient (Wildman–Crippen LogP) is 2.86. The molecule has 1 heterocycles. The number of ketones is 1. The standard InChI is InChI=1S/C18H25NO2/c1-21-13-15-8-5-11-19(15)12-17-16(9-10-18(17)20)14-6-3-2-4-7-14/h2-4,6-7,15-17H,5,8-13H2,1H3/t15-,16+,17+/m0/s1. The van der Waals surface area contributed by atoms with Crippen molar-refractivity contribution in [1.29, 1.82) is 0 Å². The molecule has 1 aliphatic carbocycles. The maximum atomic E-state index is 12.4. The Bertz CT molecular complexity index is 473. The van der Waals surface area contributed by atoms with Crippen molar-refractivity contribution in [2.24, 2.45) is 5.92 Å². The highest BCUT2D eigenvalue weighted by molar-refractivity contribution is 5.84. The zero-order chi connectivity index (χ0) is 14.7. The minimum Gasteiger partial charge on any atom is -0.383 e. The third-order valence-electron chi connectivity index (χ3n) is 5.12. The minimum absolute atomic E-state index is 0.171. The monoisotopic (exact) mass is 287 g/mol. The van der Waals surface area contributed by atoms with Crippen LogP contribution in [0.2, 0.25) is 0 Å². The molecule has 114 valence electrons. The number of methoxy groups -OCH3 is 1. The third kappa shape index (κ3) is 3.19. The molecule has 0 radical (unpaired) electrons. The van der Waals surface area contributed by atoms with E-state index in [0.717, 1.165) is 32.5 Å². The van der Waals surface area contributed by atoms with Crippen LogP contribution < -0.4 is 0 Å². The first kappa shape index (κ1) is 14.7. The van der Waals surface area contributed by atoms with E-state index in [1.165, 1.54) is 18.4 Å². The van der Waals surface area contributed by atoms with Gasteiger partial charge in [-0.05, 0) is 37.3 Å². The summed E-state index contributed by atoms with van der Waals surface area (Å²) in [5.74, 6) is 1.03. The number of hydrogen-bond acceptors (Lipinski definition) is 3. The third-order valence-corrected chi connectivity index (χ3v) is 5.12. The molecule has 0 unspecified atom stereocenters. The molecule has 0 amide bonds. The largest absolute Gasteiger partial charge is 0.383 e. The summed E-state index contributed by atoms with van der Waals surface area (Å²) in [6.45, 7) is 2.81. The fourth-order valence-corrected chi connectivity index (χ4v) is 4.01. The fourth-order valence-electron chi connectivity index (χ4n) is 4.01. The maximum Gasteiger partial charge on any atom is 0.137 e. The van der Waals surface area contributed by atoms with E-state index in [-0.39, 0.29) is 5.92 Å². The van der Waals surface area contributed by atoms with Crippen molar-refractivity contribution < 1.29 is 9.53 Å². The Morgan fingerprint density at radius 3 is 2.81 bits per heavy atom. The maximum absolute atomic E-state index is 12.4. The van der Waals surface area contributed by atoms with Crippen LogP contribution >= 0.6 is 0 Å². The number of benzene rings is 1. The topological polar surface area (TPSA) is 29.5 Å². The molecule has 1 aliphatic heterocycles. The molecule has 1 aromatic carbocycles. The summed E-state index contributed by atoms with van der Waals surface area (Å²) in [4.78, 5) is 14.8. The summed E-state index contributed by atoms with van der Waals surface area (Å²) >= 11 is 0. The Morgan fingerprint density at radius 1 is 1.24 bits per heavy atom. The van der Waals surface area contributed by atoms with Crippen LogP contribution in [-0.2, 0) is 9.53 Å². The van der Waals surface area contributed by atoms with Crippen LogP contribution in [0.1, 0.15) is 37.2 Å². The molecular formula is C18H25NO2. The second kappa shape index (κ2) is 6.71. The van der Waals surface area contributed by atoms with Crippen LogP contribution in [-0.4, -0.2) is 43.5 Å². The SMILES string of the molecule is COC[C@@H]1CCCN1C[C@H]1C(=O)CC[C@@H]1c1ccccc1. The van der Waals surface area contributed by atoms with E-state index in [1.807, 2.05) is 6.07 Å². The van der Waals surface area contributed by atoms with E-state index >= 15 is 0 Å². The van der Waals surface area contributed by atoms with Gasteiger partial charge in [0.05, 0.1) is 6.61 Å². The van der Waals surface area contributed by atoms with Crippen LogP contribution in [0, 0.1) is 5.92 Å². The fraction of sp³-hybridized carbons (Fsp3) is 0.611. The first-order valence-corrected chi connectivity index (χ1v) is 8.10. The highest BCUT2D eigenvalue weighted by Gasteiger charge is 2.38. The smallest absolute Gasteiger partial charge is 0.137 e. The van der Waals surface area contributed by atoms with Crippen molar-refractivity contribution in [2.75, 3.05) is 26.8 Å². The zero-order valence-electron chi connectivity index (χ0n) is 12.8. The van der Waals surface area contributed by atoms with E-state index in [4.69, 9.17) is 4.74 Å². The van der Waals surface area contributed by atoms with Gasteiger partial charge >= 0.3 is 0 Å². The van der Waals surface area contributed by atoms with Gasteiger partial charge in [-0.25, -0.2) is 0 Å². The summed E-state index contributed by atoms with van der Waals surface area (Å²) < 4.78 is 5.33. The number of nitrogens with zero attached hydrogens (tertiary/aromatic N) is 1. The molecule has 2 aliphatic rings. The first-order chi connectivity index (χ1) is 10.3. The Kier molecular flexibility index (Phi) is 4.71. The molecular weight excluding hydrogens is 262 g/mol. The number of likely N-dealkylation sites (tertiary alicyclic amines) is 1. The van der Waals surface area contributed by atoms with Crippen LogP contribution in [0.4, 0.5) is 0 Å². The molecule has 0 bridgehead atoms. The minimum atomic E-state index is 0.171. The van der Waals surface area contributed by atoms with Crippen LogP contribution in [0.25, 0.3) is 0 Å². The van der Waals surface area contributed by atoms with Crippen molar-refractivity contribution in [3.8, 4) is 0 Å². The molecule has 0 spiro atoms. The number of Topliss-reactive ketones (excluding diaryl/α,β-unsaturated/α-hetero) is 1. The van der Waals surface area contributed by atoms with Crippen molar-refractivity contribution in [2.45, 2.75) is 37.6 Å². The lowest BCUT2D eigenvalue weighted by molar-refractivity contribution is -0.121. The second-order valence-electron chi connectivity index (χ2n) is 6.37. The molecule has 3 atom stereocenters. The van der Waals surface area contributed by atoms with Gasteiger partial charge in [-0.2, -0.15) is 0 Å². The van der Waals surface area contributed by atoms with Crippen molar-refractivity contribution >= 4 is 5.78 Å². The summed E-state index contributed by atoms with van der Waals surface area (Å²) in [6, 6.07) is 11.1. The van der Waals surface area contributed by atoms with Gasteiger partial charge < -0.3 is 4.74 Å². The lowest BCUT2D eigenvalue weighted by atomic mass is 9.88. The van der Waals surface area contributed by atoms with Gasteiger partial charge in [0.2, 0.25) is 0 Å². The van der Waals surface area contributed by atoms with E-state index < -0.39 is 0 Å². The Morgan fingerprint density at radius 2 is 2.05 bits per heavy atom. The highest BCUT2D eigenvalue weighted by atomic mass is 16.5. The van der Waals surface area contributed by atoms with Crippen LogP contribution in [0.15, 0.2) is 30.3 Å². The van der Waals surface area contributed by atoms with Crippen LogP contribution in [0.3, 0.4) is 0 Å². The summed E-state index contributed by atoms with van der Waals surface area (Å²) in [5, 5.41) is 0. The first-order valence-electron chi connectivity index (χ1n) is 8.10. The summed E-state index contributed by atoms with van der Waals surface area (Å²) in [5.41, 5.74) is 1.33. The number of carbonyl (C=O) groups excluding carboxylic acids is 1. The predicted molar refractivity (Wildman–Crippen MR) is 83.4 cm³/mol. The second-order valence-corrected chi connectivity index (χ2v) is 6.37. The van der Waals surface area contributed by atoms with Gasteiger partial charge in [0.25, 0.3) is 0 Å². The van der Waals surface area contributed by atoms with Gasteiger partial charge in [-0.15, -0.1) is 0 Å². The Labute approximate surface area is 127 Å². The molecule has 3 heteroatoms. The van der Waals surface area contributed by atoms with Gasteiger partial charge in [0.1, 0.15) is 5.78 Å². The van der Waals surface area contributed by atoms with E-state index in [1.54, 1.807) is 7.11 Å². The molecule has 0 aromatic heterocycles. The Hall–Kier alpha value is -1.19. The molecule has 2 fully saturated rings. The number of hydrogen-bond donors (Lipinski definition) is 0. The molecule has 0 N–H and O–H groups in total. The quantitative estimate of drug-likeness (QED) is 0.834. The van der Waals surface area contributed by atoms with Crippen molar-refractivity contribution in [1.82, 2.24) is 4.90 Å². The van der Waals surface area contributed by atoms with E-state index in [9.17, 15) is 4.79 Å². The number of ether oxygens (including phenoxy) is 1. The van der Waals surface area contributed by atoms with Gasteiger partial charge in [-0.3, -0.25) is 9.69 Å². The summed E-state index contributed by atoms with van der Waals surface area (Å²) in [7, 11) is 1.77. The Balaban J connectivity index is 1.71. The van der Waals surface area contributed by atoms with Gasteiger partial charge in [0, 0.05) is 32.0 Å². The summed E-state index contributed by atoms with van der Waals surface area (Å²) in [6.07, 6.45) is 4.18. The van der Waals surface area contributed by atoms with Gasteiger partial charge in [0.15, 0.2) is 0 Å². The normalized spacial score (nSPS) is 30.1. The van der Waals surface area contributed by atoms with Crippen molar-refractivity contribution in [3.05, 3.63) is 35.9 Å². The lowest BCUT2D eigenvalue weighted by Gasteiger charge is -2.29. The average Bonchev–Trinajstić information content (AvgIpc) is 3.09. The molecule has 3 rings (SSSR count). The zero-order valence-corrected chi connectivity index (χ0v) is 12.8. The molecule has 3 nitrogen and oxygen atoms in total. The molecule has 21 heavy (non-hydrogen) atoms. The van der Waals surface area contributed by atoms with E-state index in [0.29, 0.717) is 17.7 Å². The average molecular weight is 287 g/mol. The highest BCUT2D eigenvalue weighted by Crippen LogP contribution is 2.38. The van der Waals surface area contributed by atoms with Gasteiger partial charge in [-0.1, -0.05) is 30.3 Å². The number of carbonyl (C=O) groups is 1. The van der Waals surface area contributed by atoms with E-state index in [2.05, 4.69) is 29.2 Å². The number of rotatable bonds is 5. The molecule has 1 aromatic rings.